The molecule has 1 amide bonds. The minimum Gasteiger partial charge on any atom is -0.379 e. The summed E-state index contributed by atoms with van der Waals surface area (Å²) >= 11 is 0. The van der Waals surface area contributed by atoms with Crippen LogP contribution in [0, 0.1) is 13.8 Å². The third kappa shape index (κ3) is 5.17. The van der Waals surface area contributed by atoms with E-state index in [-0.39, 0.29) is 12.0 Å². The fourth-order valence-corrected chi connectivity index (χ4v) is 2.31. The maximum Gasteiger partial charge on any atom is 0.251 e. The van der Waals surface area contributed by atoms with Crippen LogP contribution in [0.2, 0.25) is 0 Å². The smallest absolute Gasteiger partial charge is 0.251 e. The van der Waals surface area contributed by atoms with Crippen molar-refractivity contribution in [3.05, 3.63) is 53.2 Å². The van der Waals surface area contributed by atoms with Crippen molar-refractivity contribution in [3.8, 4) is 11.3 Å². The van der Waals surface area contributed by atoms with Gasteiger partial charge in [-0.1, -0.05) is 18.2 Å². The van der Waals surface area contributed by atoms with Crippen molar-refractivity contribution < 1.29 is 9.53 Å². The molecule has 0 aliphatic carbocycles. The number of nitrogens with one attached hydrogen (secondary N) is 1. The number of aryl methyl sites for hydroxylation is 2. The van der Waals surface area contributed by atoms with Crippen molar-refractivity contribution in [1.82, 2.24) is 10.3 Å². The van der Waals surface area contributed by atoms with Gasteiger partial charge in [0.05, 0.1) is 11.8 Å². The van der Waals surface area contributed by atoms with Crippen LogP contribution in [0.15, 0.2) is 36.4 Å². The molecule has 0 radical (unpaired) electrons. The van der Waals surface area contributed by atoms with Crippen molar-refractivity contribution in [2.24, 2.45) is 0 Å². The van der Waals surface area contributed by atoms with Gasteiger partial charge >= 0.3 is 0 Å². The second-order valence-electron chi connectivity index (χ2n) is 6.21. The first kappa shape index (κ1) is 18.1. The molecule has 0 spiro atoms. The number of amides is 1. The lowest BCUT2D eigenvalue weighted by atomic mass is 10.1. The third-order valence-electron chi connectivity index (χ3n) is 3.83. The van der Waals surface area contributed by atoms with Gasteiger partial charge in [0.1, 0.15) is 0 Å². The molecule has 2 aromatic rings. The Labute approximate surface area is 144 Å². The number of hydrogen-bond donors (Lipinski definition) is 1. The van der Waals surface area contributed by atoms with E-state index < -0.39 is 0 Å². The van der Waals surface area contributed by atoms with Crippen molar-refractivity contribution in [2.75, 3.05) is 13.2 Å². The van der Waals surface area contributed by atoms with E-state index in [0.29, 0.717) is 18.7 Å². The number of rotatable bonds is 7. The lowest BCUT2D eigenvalue weighted by molar-refractivity contribution is 0.0757. The van der Waals surface area contributed by atoms with E-state index in [1.54, 1.807) is 0 Å². The molecule has 0 saturated carbocycles. The van der Waals surface area contributed by atoms with Gasteiger partial charge < -0.3 is 10.1 Å². The number of pyridine rings is 1. The Bertz CT molecular complexity index is 696. The van der Waals surface area contributed by atoms with Crippen LogP contribution in [-0.2, 0) is 4.74 Å². The molecule has 0 aliphatic rings. The van der Waals surface area contributed by atoms with E-state index >= 15 is 0 Å². The topological polar surface area (TPSA) is 51.2 Å². The van der Waals surface area contributed by atoms with Gasteiger partial charge in [-0.05, 0) is 57.9 Å². The summed E-state index contributed by atoms with van der Waals surface area (Å²) in [6.07, 6.45) is 1.03. The summed E-state index contributed by atoms with van der Waals surface area (Å²) in [6.45, 7) is 9.31. The summed E-state index contributed by atoms with van der Waals surface area (Å²) in [7, 11) is 0. The first-order chi connectivity index (χ1) is 11.5. The van der Waals surface area contributed by atoms with E-state index in [4.69, 9.17) is 4.74 Å². The summed E-state index contributed by atoms with van der Waals surface area (Å²) in [5, 5.41) is 2.93. The Morgan fingerprint density at radius 1 is 1.21 bits per heavy atom. The monoisotopic (exact) mass is 326 g/mol. The summed E-state index contributed by atoms with van der Waals surface area (Å²) in [6, 6.07) is 11.6. The number of benzene rings is 1. The average molecular weight is 326 g/mol. The van der Waals surface area contributed by atoms with Crippen LogP contribution in [0.4, 0.5) is 0 Å². The molecule has 0 atom stereocenters. The molecular weight excluding hydrogens is 300 g/mol. The lowest BCUT2D eigenvalue weighted by Gasteiger charge is -2.09. The van der Waals surface area contributed by atoms with E-state index in [2.05, 4.69) is 16.4 Å². The van der Waals surface area contributed by atoms with E-state index in [1.165, 1.54) is 0 Å². The first-order valence-electron chi connectivity index (χ1n) is 8.42. The van der Waals surface area contributed by atoms with Crippen molar-refractivity contribution in [1.29, 1.82) is 0 Å². The summed E-state index contributed by atoms with van der Waals surface area (Å²) in [4.78, 5) is 16.9. The summed E-state index contributed by atoms with van der Waals surface area (Å²) in [5.74, 6) is -0.0646. The Kier molecular flexibility index (Phi) is 6.50. The average Bonchev–Trinajstić information content (AvgIpc) is 2.56. The van der Waals surface area contributed by atoms with Gasteiger partial charge in [-0.25, -0.2) is 0 Å². The molecule has 4 heteroatoms. The Morgan fingerprint density at radius 2 is 2.00 bits per heavy atom. The maximum atomic E-state index is 12.3. The molecule has 4 nitrogen and oxygen atoms in total. The molecule has 0 bridgehead atoms. The van der Waals surface area contributed by atoms with Crippen molar-refractivity contribution in [3.63, 3.8) is 0 Å². The number of carbonyl (C=O) groups excluding carboxylic acids is 1. The van der Waals surface area contributed by atoms with Crippen molar-refractivity contribution in [2.45, 2.75) is 40.2 Å². The molecule has 0 aliphatic heterocycles. The molecule has 0 saturated heterocycles. The number of carbonyl (C=O) groups is 1. The van der Waals surface area contributed by atoms with Crippen LogP contribution in [0.1, 0.15) is 41.9 Å². The highest BCUT2D eigenvalue weighted by molar-refractivity contribution is 5.95. The van der Waals surface area contributed by atoms with E-state index in [1.807, 2.05) is 58.0 Å². The number of aromatic nitrogens is 1. The van der Waals surface area contributed by atoms with Gasteiger partial charge in [0, 0.05) is 30.0 Å². The summed E-state index contributed by atoms with van der Waals surface area (Å²) < 4.78 is 5.47. The zero-order valence-electron chi connectivity index (χ0n) is 14.9. The molecule has 128 valence electrons. The molecular formula is C20H26N2O2. The van der Waals surface area contributed by atoms with E-state index in [9.17, 15) is 4.79 Å². The Morgan fingerprint density at radius 3 is 2.71 bits per heavy atom. The predicted octanol–water partition coefficient (Wildman–Crippen LogP) is 3.91. The minimum absolute atomic E-state index is 0.0646. The zero-order chi connectivity index (χ0) is 17.5. The molecule has 1 heterocycles. The molecule has 1 aromatic carbocycles. The third-order valence-corrected chi connectivity index (χ3v) is 3.83. The first-order valence-corrected chi connectivity index (χ1v) is 8.42. The Balaban J connectivity index is 1.99. The SMILES string of the molecule is Cc1ccc(-c2cccc(C(=O)NCCCOC(C)C)c2)nc1C. The van der Waals surface area contributed by atoms with E-state index in [0.717, 1.165) is 28.9 Å². The fourth-order valence-electron chi connectivity index (χ4n) is 2.31. The quantitative estimate of drug-likeness (QED) is 0.785. The number of nitrogens with zero attached hydrogens (tertiary/aromatic N) is 1. The van der Waals surface area contributed by atoms with Gasteiger partial charge in [-0.3, -0.25) is 9.78 Å². The zero-order valence-corrected chi connectivity index (χ0v) is 14.9. The number of ether oxygens (including phenoxy) is 1. The number of hydrogen-bond acceptors (Lipinski definition) is 3. The van der Waals surface area contributed by atoms with Gasteiger partial charge in [-0.15, -0.1) is 0 Å². The standard InChI is InChI=1S/C20H26N2O2/c1-14(2)24-12-6-11-21-20(23)18-8-5-7-17(13-18)19-10-9-15(3)16(4)22-19/h5,7-10,13-14H,6,11-12H2,1-4H3,(H,21,23). The second kappa shape index (κ2) is 8.60. The van der Waals surface area contributed by atoms with Crippen LogP contribution >= 0.6 is 0 Å². The fraction of sp³-hybridized carbons (Fsp3) is 0.400. The van der Waals surface area contributed by atoms with Gasteiger partial charge in [0.25, 0.3) is 5.91 Å². The van der Waals surface area contributed by atoms with Crippen LogP contribution in [0.5, 0.6) is 0 Å². The van der Waals surface area contributed by atoms with Crippen LogP contribution < -0.4 is 5.32 Å². The highest BCUT2D eigenvalue weighted by Crippen LogP contribution is 2.20. The van der Waals surface area contributed by atoms with Crippen LogP contribution in [-0.4, -0.2) is 30.1 Å². The second-order valence-corrected chi connectivity index (χ2v) is 6.21. The predicted molar refractivity (Wildman–Crippen MR) is 97.2 cm³/mol. The molecule has 0 fully saturated rings. The molecule has 2 rings (SSSR count). The molecule has 0 unspecified atom stereocenters. The normalized spacial score (nSPS) is 10.9. The highest BCUT2D eigenvalue weighted by Gasteiger charge is 2.08. The largest absolute Gasteiger partial charge is 0.379 e. The maximum absolute atomic E-state index is 12.3. The van der Waals surface area contributed by atoms with Crippen LogP contribution in [0.25, 0.3) is 11.3 Å². The highest BCUT2D eigenvalue weighted by atomic mass is 16.5. The molecule has 1 N–H and O–H groups in total. The van der Waals surface area contributed by atoms with Crippen molar-refractivity contribution >= 4 is 5.91 Å². The lowest BCUT2D eigenvalue weighted by Crippen LogP contribution is -2.25. The Hall–Kier alpha value is -2.20. The van der Waals surface area contributed by atoms with Gasteiger partial charge in [0.15, 0.2) is 0 Å². The van der Waals surface area contributed by atoms with Gasteiger partial charge in [0.2, 0.25) is 0 Å². The van der Waals surface area contributed by atoms with Crippen LogP contribution in [0.3, 0.4) is 0 Å². The summed E-state index contributed by atoms with van der Waals surface area (Å²) in [5.41, 5.74) is 4.66. The van der Waals surface area contributed by atoms with Gasteiger partial charge in [-0.2, -0.15) is 0 Å². The molecule has 1 aromatic heterocycles. The molecule has 24 heavy (non-hydrogen) atoms. The minimum atomic E-state index is -0.0646.